The van der Waals surface area contributed by atoms with Crippen molar-refractivity contribution in [1.82, 2.24) is 5.32 Å². The van der Waals surface area contributed by atoms with Crippen LogP contribution >= 0.6 is 11.8 Å². The highest BCUT2D eigenvalue weighted by Gasteiger charge is 2.12. The standard InChI is InChI=1S/C13H20FNO2S2/c1-3-15-12(7-8-19(2,16)17)10-18-13-6-4-5-11(14)9-13/h4-6,9,12,15H,3,7-8,10H2,1-2H3. The molecule has 1 atom stereocenters. The van der Waals surface area contributed by atoms with Gasteiger partial charge in [-0.05, 0) is 31.2 Å². The van der Waals surface area contributed by atoms with E-state index in [-0.39, 0.29) is 17.6 Å². The summed E-state index contributed by atoms with van der Waals surface area (Å²) in [7, 11) is -2.94. The average Bonchev–Trinajstić information content (AvgIpc) is 2.32. The molecule has 1 aromatic rings. The van der Waals surface area contributed by atoms with Gasteiger partial charge in [-0.3, -0.25) is 0 Å². The van der Waals surface area contributed by atoms with Crippen LogP contribution in [0.3, 0.4) is 0 Å². The minimum atomic E-state index is -2.94. The maximum Gasteiger partial charge on any atom is 0.147 e. The zero-order valence-electron chi connectivity index (χ0n) is 11.2. The number of nitrogens with one attached hydrogen (secondary N) is 1. The van der Waals surface area contributed by atoms with Gasteiger partial charge in [0.25, 0.3) is 0 Å². The smallest absolute Gasteiger partial charge is 0.147 e. The quantitative estimate of drug-likeness (QED) is 0.749. The number of thioether (sulfide) groups is 1. The Morgan fingerprint density at radius 1 is 1.42 bits per heavy atom. The molecule has 0 bridgehead atoms. The Labute approximate surface area is 118 Å². The second kappa shape index (κ2) is 7.87. The molecule has 108 valence electrons. The highest BCUT2D eigenvalue weighted by molar-refractivity contribution is 7.99. The lowest BCUT2D eigenvalue weighted by Crippen LogP contribution is -2.33. The lowest BCUT2D eigenvalue weighted by atomic mass is 10.2. The summed E-state index contributed by atoms with van der Waals surface area (Å²) in [5.74, 6) is 0.655. The van der Waals surface area contributed by atoms with Crippen molar-refractivity contribution in [3.8, 4) is 0 Å². The molecule has 0 fully saturated rings. The van der Waals surface area contributed by atoms with Gasteiger partial charge in [0, 0.05) is 22.9 Å². The van der Waals surface area contributed by atoms with Gasteiger partial charge < -0.3 is 5.32 Å². The molecule has 1 aromatic carbocycles. The number of benzene rings is 1. The number of sulfone groups is 1. The fourth-order valence-corrected chi connectivity index (χ4v) is 3.40. The molecule has 0 aliphatic rings. The van der Waals surface area contributed by atoms with Crippen LogP contribution in [0, 0.1) is 5.82 Å². The highest BCUT2D eigenvalue weighted by atomic mass is 32.2. The lowest BCUT2D eigenvalue weighted by molar-refractivity contribution is 0.548. The SMILES string of the molecule is CCNC(CCS(C)(=O)=O)CSc1cccc(F)c1. The fraction of sp³-hybridized carbons (Fsp3) is 0.538. The number of hydrogen-bond acceptors (Lipinski definition) is 4. The summed E-state index contributed by atoms with van der Waals surface area (Å²) in [5.41, 5.74) is 0. The van der Waals surface area contributed by atoms with Gasteiger partial charge in [0.2, 0.25) is 0 Å². The monoisotopic (exact) mass is 305 g/mol. The highest BCUT2D eigenvalue weighted by Crippen LogP contribution is 2.20. The van der Waals surface area contributed by atoms with Crippen LogP contribution < -0.4 is 5.32 Å². The topological polar surface area (TPSA) is 46.2 Å². The van der Waals surface area contributed by atoms with Crippen molar-refractivity contribution in [2.45, 2.75) is 24.3 Å². The number of halogens is 1. The molecule has 0 spiro atoms. The molecule has 0 saturated carbocycles. The van der Waals surface area contributed by atoms with Crippen LogP contribution in [-0.2, 0) is 9.84 Å². The minimum absolute atomic E-state index is 0.119. The Morgan fingerprint density at radius 2 is 2.16 bits per heavy atom. The van der Waals surface area contributed by atoms with E-state index < -0.39 is 9.84 Å². The Morgan fingerprint density at radius 3 is 2.74 bits per heavy atom. The van der Waals surface area contributed by atoms with Crippen molar-refractivity contribution in [3.63, 3.8) is 0 Å². The summed E-state index contributed by atoms with van der Waals surface area (Å²) >= 11 is 1.54. The van der Waals surface area contributed by atoms with Gasteiger partial charge in [-0.15, -0.1) is 11.8 Å². The molecule has 0 amide bonds. The molecule has 1 rings (SSSR count). The van der Waals surface area contributed by atoms with Gasteiger partial charge in [-0.25, -0.2) is 12.8 Å². The molecule has 0 aromatic heterocycles. The third kappa shape index (κ3) is 7.54. The first-order chi connectivity index (χ1) is 8.90. The Hall–Kier alpha value is -0.590. The largest absolute Gasteiger partial charge is 0.313 e. The Bertz CT molecular complexity index is 491. The van der Waals surface area contributed by atoms with Crippen LogP contribution in [0.2, 0.25) is 0 Å². The van der Waals surface area contributed by atoms with Crippen LogP contribution in [0.15, 0.2) is 29.2 Å². The van der Waals surface area contributed by atoms with Crippen LogP contribution in [0.1, 0.15) is 13.3 Å². The normalized spacial score (nSPS) is 13.4. The molecular weight excluding hydrogens is 285 g/mol. The van der Waals surface area contributed by atoms with Gasteiger partial charge >= 0.3 is 0 Å². The molecule has 0 aliphatic carbocycles. The Balaban J connectivity index is 2.49. The molecular formula is C13H20FNO2S2. The first-order valence-corrected chi connectivity index (χ1v) is 9.25. The average molecular weight is 305 g/mol. The lowest BCUT2D eigenvalue weighted by Gasteiger charge is -2.17. The van der Waals surface area contributed by atoms with E-state index in [0.29, 0.717) is 6.42 Å². The number of rotatable bonds is 8. The summed E-state index contributed by atoms with van der Waals surface area (Å²) in [6.45, 7) is 2.78. The van der Waals surface area contributed by atoms with Crippen molar-refractivity contribution in [2.24, 2.45) is 0 Å². The van der Waals surface area contributed by atoms with E-state index in [9.17, 15) is 12.8 Å². The van der Waals surface area contributed by atoms with Gasteiger partial charge in [0.15, 0.2) is 0 Å². The van der Waals surface area contributed by atoms with E-state index in [2.05, 4.69) is 5.32 Å². The van der Waals surface area contributed by atoms with Crippen molar-refractivity contribution in [2.75, 3.05) is 24.3 Å². The minimum Gasteiger partial charge on any atom is -0.313 e. The summed E-state index contributed by atoms with van der Waals surface area (Å²) in [6.07, 6.45) is 1.82. The van der Waals surface area contributed by atoms with E-state index in [1.807, 2.05) is 13.0 Å². The maximum absolute atomic E-state index is 13.0. The van der Waals surface area contributed by atoms with Crippen molar-refractivity contribution < 1.29 is 12.8 Å². The molecule has 19 heavy (non-hydrogen) atoms. The molecule has 3 nitrogen and oxygen atoms in total. The van der Waals surface area contributed by atoms with Crippen LogP contribution in [0.5, 0.6) is 0 Å². The molecule has 0 radical (unpaired) electrons. The van der Waals surface area contributed by atoms with Gasteiger partial charge in [0.05, 0.1) is 5.75 Å². The first-order valence-electron chi connectivity index (χ1n) is 6.20. The summed E-state index contributed by atoms with van der Waals surface area (Å²) in [6, 6.07) is 6.55. The second-order valence-corrected chi connectivity index (χ2v) is 7.79. The van der Waals surface area contributed by atoms with E-state index in [1.54, 1.807) is 6.07 Å². The zero-order valence-corrected chi connectivity index (χ0v) is 12.9. The maximum atomic E-state index is 13.0. The second-order valence-electron chi connectivity index (χ2n) is 4.44. The van der Waals surface area contributed by atoms with Crippen molar-refractivity contribution in [3.05, 3.63) is 30.1 Å². The van der Waals surface area contributed by atoms with E-state index in [4.69, 9.17) is 0 Å². The molecule has 0 aliphatic heterocycles. The zero-order chi connectivity index (χ0) is 14.3. The van der Waals surface area contributed by atoms with E-state index >= 15 is 0 Å². The van der Waals surface area contributed by atoms with E-state index in [0.717, 1.165) is 17.2 Å². The molecule has 1 N–H and O–H groups in total. The molecule has 0 heterocycles. The third-order valence-corrected chi connectivity index (χ3v) is 4.71. The Kier molecular flexibility index (Phi) is 6.82. The summed E-state index contributed by atoms with van der Waals surface area (Å²) < 4.78 is 35.4. The molecule has 0 saturated heterocycles. The molecule has 1 unspecified atom stereocenters. The van der Waals surface area contributed by atoms with E-state index in [1.165, 1.54) is 30.2 Å². The molecule has 6 heteroatoms. The predicted octanol–water partition coefficient (Wildman–Crippen LogP) is 2.33. The summed E-state index contributed by atoms with van der Waals surface area (Å²) in [5, 5.41) is 3.26. The predicted molar refractivity (Wildman–Crippen MR) is 78.9 cm³/mol. The summed E-state index contributed by atoms with van der Waals surface area (Å²) in [4.78, 5) is 0.863. The van der Waals surface area contributed by atoms with Crippen LogP contribution in [-0.4, -0.2) is 38.8 Å². The van der Waals surface area contributed by atoms with Crippen LogP contribution in [0.25, 0.3) is 0 Å². The van der Waals surface area contributed by atoms with Gasteiger partial charge in [-0.2, -0.15) is 0 Å². The van der Waals surface area contributed by atoms with Gasteiger partial charge in [-0.1, -0.05) is 13.0 Å². The van der Waals surface area contributed by atoms with Gasteiger partial charge in [0.1, 0.15) is 15.7 Å². The van der Waals surface area contributed by atoms with Crippen LogP contribution in [0.4, 0.5) is 4.39 Å². The van der Waals surface area contributed by atoms with Crippen molar-refractivity contribution in [1.29, 1.82) is 0 Å². The fourth-order valence-electron chi connectivity index (χ4n) is 1.64. The van der Waals surface area contributed by atoms with Crippen molar-refractivity contribution >= 4 is 21.6 Å². The first kappa shape index (κ1) is 16.5. The third-order valence-electron chi connectivity index (χ3n) is 2.58. The number of hydrogen-bond donors (Lipinski definition) is 1.